The summed E-state index contributed by atoms with van der Waals surface area (Å²) in [5.41, 5.74) is 18.3. The minimum Gasteiger partial charge on any atom is -0.481 e. The number of H-pyrrole nitrogens is 1. The van der Waals surface area contributed by atoms with Gasteiger partial charge < -0.3 is 53.5 Å². The first-order valence-electron chi connectivity index (χ1n) is 13.2. The number of benzene rings is 1. The second kappa shape index (κ2) is 16.3. The Morgan fingerprint density at radius 2 is 1.44 bits per heavy atom. The molecule has 234 valence electrons. The van der Waals surface area contributed by atoms with Gasteiger partial charge in [0.2, 0.25) is 17.7 Å². The van der Waals surface area contributed by atoms with Gasteiger partial charge in [0.1, 0.15) is 18.1 Å². The van der Waals surface area contributed by atoms with E-state index in [2.05, 4.69) is 25.9 Å². The maximum absolute atomic E-state index is 13.2. The Balaban J connectivity index is 2.19. The SMILES string of the molecule is NC(N)=NCCCC(NC(=O)C(CCC(=O)O)NC(=O)C(N)Cc1c[nH]c2ccccc12)C(=O)NC(CC(=O)O)C(=O)O. The fourth-order valence-corrected chi connectivity index (χ4v) is 4.14. The molecule has 1 aromatic carbocycles. The Labute approximate surface area is 245 Å². The molecule has 0 aliphatic heterocycles. The predicted molar refractivity (Wildman–Crippen MR) is 152 cm³/mol. The number of carbonyl (C=O) groups is 6. The Morgan fingerprint density at radius 1 is 0.837 bits per heavy atom. The number of fused-ring (bicyclic) bond motifs is 1. The van der Waals surface area contributed by atoms with E-state index in [1.165, 1.54) is 0 Å². The summed E-state index contributed by atoms with van der Waals surface area (Å²) in [4.78, 5) is 79.7. The minimum atomic E-state index is -1.80. The highest BCUT2D eigenvalue weighted by molar-refractivity contribution is 5.95. The first-order chi connectivity index (χ1) is 20.3. The van der Waals surface area contributed by atoms with Gasteiger partial charge in [-0.3, -0.25) is 29.0 Å². The number of carbonyl (C=O) groups excluding carboxylic acids is 3. The summed E-state index contributed by atoms with van der Waals surface area (Å²) in [6, 6.07) is 1.59. The molecule has 1 aromatic heterocycles. The molecule has 1 heterocycles. The molecule has 0 bridgehead atoms. The summed E-state index contributed by atoms with van der Waals surface area (Å²) in [6.45, 7) is 0.0430. The van der Waals surface area contributed by atoms with Crippen molar-refractivity contribution >= 4 is 52.5 Å². The summed E-state index contributed by atoms with van der Waals surface area (Å²) in [6.07, 6.45) is 0.0120. The lowest BCUT2D eigenvalue weighted by molar-refractivity contribution is -0.147. The fourth-order valence-electron chi connectivity index (χ4n) is 4.14. The molecule has 0 saturated heterocycles. The first kappa shape index (κ1) is 34.0. The van der Waals surface area contributed by atoms with Gasteiger partial charge in [0.15, 0.2) is 5.96 Å². The molecule has 4 atom stereocenters. The summed E-state index contributed by atoms with van der Waals surface area (Å²) in [5.74, 6) is -7.29. The second-order valence-electron chi connectivity index (χ2n) is 9.67. The molecule has 2 aromatic rings. The standard InChI is InChI=1S/C26H36N8O9/c27-15(10-13-12-31-16-5-2-1-4-14(13)16)22(39)32-18(7-8-20(35)36)24(41)33-17(6-3-9-30-26(28)29)23(40)34-19(25(42)43)11-21(37)38/h1-2,4-5,12,15,17-19,31H,3,6-11,27H2,(H,32,39)(H,33,41)(H,34,40)(H,35,36)(H,37,38)(H,42,43)(H4,28,29,30). The average molecular weight is 605 g/mol. The summed E-state index contributed by atoms with van der Waals surface area (Å²) < 4.78 is 0. The third kappa shape index (κ3) is 11.3. The average Bonchev–Trinajstić information content (AvgIpc) is 3.33. The maximum Gasteiger partial charge on any atom is 0.326 e. The largest absolute Gasteiger partial charge is 0.481 e. The number of nitrogens with one attached hydrogen (secondary N) is 4. The monoisotopic (exact) mass is 604 g/mol. The highest BCUT2D eigenvalue weighted by atomic mass is 16.4. The van der Waals surface area contributed by atoms with Crippen LogP contribution in [0.2, 0.25) is 0 Å². The van der Waals surface area contributed by atoms with E-state index >= 15 is 0 Å². The van der Waals surface area contributed by atoms with E-state index in [1.54, 1.807) is 6.20 Å². The van der Waals surface area contributed by atoms with Gasteiger partial charge in [0, 0.05) is 30.1 Å². The van der Waals surface area contributed by atoms with Crippen molar-refractivity contribution in [3.63, 3.8) is 0 Å². The van der Waals surface area contributed by atoms with Crippen LogP contribution < -0.4 is 33.2 Å². The summed E-state index contributed by atoms with van der Waals surface area (Å²) in [5, 5.41) is 35.2. The first-order valence-corrected chi connectivity index (χ1v) is 13.2. The van der Waals surface area contributed by atoms with Crippen molar-refractivity contribution in [1.82, 2.24) is 20.9 Å². The van der Waals surface area contributed by atoms with Crippen molar-refractivity contribution in [3.8, 4) is 0 Å². The number of para-hydroxylation sites is 1. The van der Waals surface area contributed by atoms with Crippen LogP contribution >= 0.6 is 0 Å². The van der Waals surface area contributed by atoms with Crippen molar-refractivity contribution in [3.05, 3.63) is 36.0 Å². The molecule has 4 unspecified atom stereocenters. The van der Waals surface area contributed by atoms with Gasteiger partial charge in [-0.15, -0.1) is 0 Å². The van der Waals surface area contributed by atoms with E-state index in [0.29, 0.717) is 0 Å². The number of amides is 3. The topological polar surface area (TPSA) is 305 Å². The lowest BCUT2D eigenvalue weighted by atomic mass is 10.0. The van der Waals surface area contributed by atoms with Gasteiger partial charge in [-0.25, -0.2) is 4.79 Å². The number of carboxylic acid groups (broad SMARTS) is 3. The number of carboxylic acids is 3. The molecule has 2 rings (SSSR count). The van der Waals surface area contributed by atoms with E-state index in [4.69, 9.17) is 27.4 Å². The number of guanidine groups is 1. The molecular weight excluding hydrogens is 568 g/mol. The van der Waals surface area contributed by atoms with Crippen LogP contribution in [0.15, 0.2) is 35.5 Å². The van der Waals surface area contributed by atoms with Crippen molar-refractivity contribution in [1.29, 1.82) is 0 Å². The smallest absolute Gasteiger partial charge is 0.326 e. The van der Waals surface area contributed by atoms with Crippen LogP contribution in [0.1, 0.15) is 37.7 Å². The lowest BCUT2D eigenvalue weighted by Gasteiger charge is -2.25. The molecule has 13 N–H and O–H groups in total. The Kier molecular flexibility index (Phi) is 12.9. The van der Waals surface area contributed by atoms with Crippen molar-refractivity contribution in [2.24, 2.45) is 22.2 Å². The molecule has 0 spiro atoms. The zero-order chi connectivity index (χ0) is 32.1. The van der Waals surface area contributed by atoms with Crippen LogP contribution in [0.3, 0.4) is 0 Å². The van der Waals surface area contributed by atoms with Crippen LogP contribution in [0, 0.1) is 0 Å². The number of hydrogen-bond donors (Lipinski definition) is 10. The molecule has 0 radical (unpaired) electrons. The molecule has 17 nitrogen and oxygen atoms in total. The van der Waals surface area contributed by atoms with Gasteiger partial charge in [-0.05, 0) is 37.3 Å². The number of aromatic amines is 1. The van der Waals surface area contributed by atoms with Crippen molar-refractivity contribution < 1.29 is 44.1 Å². The van der Waals surface area contributed by atoms with Crippen LogP contribution in [-0.2, 0) is 35.2 Å². The molecule has 0 aliphatic rings. The number of hydrogen-bond acceptors (Lipinski definition) is 8. The fraction of sp³-hybridized carbons (Fsp3) is 0.423. The normalized spacial score (nSPS) is 13.6. The predicted octanol–water partition coefficient (Wildman–Crippen LogP) is -2.03. The third-order valence-electron chi connectivity index (χ3n) is 6.30. The zero-order valence-electron chi connectivity index (χ0n) is 23.1. The Morgan fingerprint density at radius 3 is 2.05 bits per heavy atom. The van der Waals surface area contributed by atoms with E-state index in [9.17, 15) is 33.9 Å². The molecule has 3 amide bonds. The number of aliphatic imine (C=N–C) groups is 1. The van der Waals surface area contributed by atoms with E-state index in [1.807, 2.05) is 24.3 Å². The summed E-state index contributed by atoms with van der Waals surface area (Å²) in [7, 11) is 0. The van der Waals surface area contributed by atoms with Crippen LogP contribution in [0.5, 0.6) is 0 Å². The second-order valence-corrected chi connectivity index (χ2v) is 9.67. The summed E-state index contributed by atoms with van der Waals surface area (Å²) >= 11 is 0. The highest BCUT2D eigenvalue weighted by Gasteiger charge is 2.31. The number of rotatable bonds is 18. The van der Waals surface area contributed by atoms with Gasteiger partial charge in [-0.2, -0.15) is 0 Å². The molecule has 17 heteroatoms. The number of nitrogens with two attached hydrogens (primary N) is 3. The quantitative estimate of drug-likeness (QED) is 0.0500. The molecule has 0 aliphatic carbocycles. The van der Waals surface area contributed by atoms with Gasteiger partial charge in [0.05, 0.1) is 12.5 Å². The Bertz CT molecular complexity index is 1360. The minimum absolute atomic E-state index is 0.0430. The maximum atomic E-state index is 13.2. The van der Waals surface area contributed by atoms with E-state index < -0.39 is 72.6 Å². The third-order valence-corrected chi connectivity index (χ3v) is 6.30. The highest BCUT2D eigenvalue weighted by Crippen LogP contribution is 2.19. The Hall–Kier alpha value is -5.19. The molecule has 43 heavy (non-hydrogen) atoms. The van der Waals surface area contributed by atoms with E-state index in [0.717, 1.165) is 16.5 Å². The van der Waals surface area contributed by atoms with E-state index in [-0.39, 0.29) is 38.2 Å². The molecule has 0 saturated carbocycles. The van der Waals surface area contributed by atoms with Gasteiger partial charge in [0.25, 0.3) is 0 Å². The molecular formula is C26H36N8O9. The zero-order valence-corrected chi connectivity index (χ0v) is 23.1. The number of aromatic nitrogens is 1. The number of aliphatic carboxylic acids is 3. The van der Waals surface area contributed by atoms with Crippen LogP contribution in [0.4, 0.5) is 0 Å². The van der Waals surface area contributed by atoms with Crippen LogP contribution in [0.25, 0.3) is 10.9 Å². The van der Waals surface area contributed by atoms with Crippen LogP contribution in [-0.4, -0.2) is 92.6 Å². The van der Waals surface area contributed by atoms with Crippen molar-refractivity contribution in [2.45, 2.75) is 62.7 Å². The van der Waals surface area contributed by atoms with Crippen molar-refractivity contribution in [2.75, 3.05) is 6.54 Å². The van der Waals surface area contributed by atoms with Gasteiger partial charge >= 0.3 is 17.9 Å². The lowest BCUT2D eigenvalue weighted by Crippen LogP contribution is -2.57. The van der Waals surface area contributed by atoms with Gasteiger partial charge in [-0.1, -0.05) is 18.2 Å². The number of nitrogens with zero attached hydrogens (tertiary/aromatic N) is 1. The molecule has 0 fully saturated rings.